The van der Waals surface area contributed by atoms with E-state index < -0.39 is 61.6 Å². The molecule has 1 unspecified atom stereocenters. The molecule has 4 N–H and O–H groups in total. The molecule has 6 aromatic rings. The van der Waals surface area contributed by atoms with Crippen molar-refractivity contribution in [3.63, 3.8) is 0 Å². The number of ether oxygens (including phenoxy) is 3. The molecule has 3 aliphatic rings. The number of imidazole rings is 2. The number of benzene rings is 2. The van der Waals surface area contributed by atoms with E-state index in [1.165, 1.54) is 31.6 Å². The average molecular weight is 984 g/mol. The largest absolute Gasteiger partial charge is 0.464 e. The first kappa shape index (κ1) is 48.2. The van der Waals surface area contributed by atoms with Crippen molar-refractivity contribution in [3.8, 4) is 39.5 Å². The molecule has 0 radical (unpaired) electrons. The lowest BCUT2D eigenvalue weighted by molar-refractivity contribution is -0.136. The number of nitrogens with one attached hydrogen (secondary N) is 4. The molecule has 2 aromatic carbocycles. The number of fused-ring (bicyclic) bond motifs is 5. The Morgan fingerprint density at radius 1 is 0.786 bits per heavy atom. The topological polar surface area (TPSA) is 189 Å². The number of amides is 4. The number of carbonyl (C=O) groups is 4. The fourth-order valence-electron chi connectivity index (χ4n) is 9.89. The third-order valence-corrected chi connectivity index (χ3v) is 14.9. The molecule has 0 bridgehead atoms. The quantitative estimate of drug-likeness (QED) is 0.0825. The number of likely N-dealkylation sites (tertiary alicyclic amines) is 2. The number of methoxy groups -OCH3 is 2. The van der Waals surface area contributed by atoms with E-state index in [1.54, 1.807) is 40.4 Å². The number of aromatic amines is 2. The second kappa shape index (κ2) is 19.9. The molecule has 0 aliphatic carbocycles. The van der Waals surface area contributed by atoms with E-state index in [1.807, 2.05) is 56.5 Å². The maximum Gasteiger partial charge on any atom is 0.407 e. The summed E-state index contributed by atoms with van der Waals surface area (Å²) in [5, 5.41) is 6.10. The second-order valence-electron chi connectivity index (χ2n) is 18.7. The van der Waals surface area contributed by atoms with Crippen molar-refractivity contribution in [2.45, 2.75) is 89.7 Å². The van der Waals surface area contributed by atoms with Crippen LogP contribution in [-0.2, 0) is 19.1 Å². The molecule has 4 aromatic heterocycles. The van der Waals surface area contributed by atoms with Crippen LogP contribution in [0.15, 0.2) is 60.9 Å². The van der Waals surface area contributed by atoms with E-state index in [9.17, 15) is 28.0 Å². The van der Waals surface area contributed by atoms with Crippen LogP contribution < -0.4 is 15.4 Å². The van der Waals surface area contributed by atoms with E-state index in [-0.39, 0.29) is 41.0 Å². The number of H-pyrrole nitrogens is 2. The summed E-state index contributed by atoms with van der Waals surface area (Å²) in [6, 6.07) is 12.0. The Bertz CT molecular complexity index is 2930. The standard InChI is InChI=1S/C50H56F3N9O7S/c1-25(2)42(58-49(65)67-5)46(63)60-15-7-9-35(60)44-54-23-32(56-44)27-11-12-34-29(17-27)19-37-41-31(53)18-28(20-38(41)69-48(62(34)37)40-14-13-39(70-40)30(21-51)22-52)33-24-55-45(57-33)36-10-8-16-61(36)47(64)43(26(3)4)59-50(66)68-6/h11-14,17-20,23-26,30,35-36,42-43,48H,7-10,15-16,21-22H2,1-6H3,(H,54,56)(H,55,57)(H,58,65)(H,59,66)/t35-,36-,42-,43-,48?/m0/s1. The molecule has 2 fully saturated rings. The van der Waals surface area contributed by atoms with Gasteiger partial charge in [-0.1, -0.05) is 33.8 Å². The van der Waals surface area contributed by atoms with Gasteiger partial charge in [0.25, 0.3) is 0 Å². The summed E-state index contributed by atoms with van der Waals surface area (Å²) >= 11 is 1.24. The Hall–Kier alpha value is -6.83. The number of alkyl carbamates (subject to hydrolysis) is 2. The predicted molar refractivity (Wildman–Crippen MR) is 256 cm³/mol. The summed E-state index contributed by atoms with van der Waals surface area (Å²) < 4.78 is 63.1. The molecule has 70 heavy (non-hydrogen) atoms. The number of aromatic nitrogens is 5. The highest BCUT2D eigenvalue weighted by Gasteiger charge is 2.40. The SMILES string of the molecule is COC(=O)N[C@H](C(=O)N1CCC[C@H]1c1ncc(-c2cc(F)c3c(c2)OC(c2ccc(C(CF)CF)s2)n2c-3cc3cc(-c4cnc([C@@H]5CCCN5C(=O)[C@@H](NC(=O)OC)C(C)C)[nH]4)ccc32)[nH]1)C(C)C. The first-order valence-corrected chi connectivity index (χ1v) is 24.3. The normalized spacial score (nSPS) is 18.5. The maximum atomic E-state index is 16.9. The van der Waals surface area contributed by atoms with E-state index >= 15 is 4.39 Å². The Balaban J connectivity index is 1.05. The molecule has 20 heteroatoms. The number of nitrogens with zero attached hydrogens (tertiary/aromatic N) is 5. The summed E-state index contributed by atoms with van der Waals surface area (Å²) in [7, 11) is 2.50. The Labute approximate surface area is 406 Å². The van der Waals surface area contributed by atoms with Gasteiger partial charge in [0.2, 0.25) is 18.0 Å². The molecule has 370 valence electrons. The maximum absolute atomic E-state index is 16.9. The van der Waals surface area contributed by atoms with Crippen molar-refractivity contribution < 1.29 is 46.6 Å². The fraction of sp³-hybridized carbons (Fsp3) is 0.440. The highest BCUT2D eigenvalue weighted by Crippen LogP contribution is 2.49. The minimum Gasteiger partial charge on any atom is -0.464 e. The van der Waals surface area contributed by atoms with E-state index in [4.69, 9.17) is 19.2 Å². The summed E-state index contributed by atoms with van der Waals surface area (Å²) in [5.41, 5.74) is 3.90. The zero-order valence-electron chi connectivity index (χ0n) is 39.7. The number of hydrogen-bond acceptors (Lipinski definition) is 10. The minimum absolute atomic E-state index is 0.183. The van der Waals surface area contributed by atoms with Crippen LogP contribution >= 0.6 is 11.3 Å². The molecule has 0 saturated carbocycles. The second-order valence-corrected chi connectivity index (χ2v) is 19.8. The number of alkyl halides is 2. The third-order valence-electron chi connectivity index (χ3n) is 13.6. The van der Waals surface area contributed by atoms with Gasteiger partial charge in [0.15, 0.2) is 0 Å². The van der Waals surface area contributed by atoms with Gasteiger partial charge < -0.3 is 44.6 Å². The van der Waals surface area contributed by atoms with E-state index in [0.29, 0.717) is 70.0 Å². The molecule has 3 aliphatic heterocycles. The van der Waals surface area contributed by atoms with Crippen LogP contribution in [0.2, 0.25) is 0 Å². The molecular formula is C50H56F3N9O7S. The van der Waals surface area contributed by atoms with Gasteiger partial charge in [-0.05, 0) is 80.0 Å². The molecule has 4 amide bonds. The van der Waals surface area contributed by atoms with Crippen LogP contribution in [0.5, 0.6) is 5.75 Å². The van der Waals surface area contributed by atoms with Crippen molar-refractivity contribution in [3.05, 3.63) is 88.1 Å². The lowest BCUT2D eigenvalue weighted by Crippen LogP contribution is -2.51. The van der Waals surface area contributed by atoms with Gasteiger partial charge in [-0.15, -0.1) is 11.3 Å². The number of hydrogen-bond donors (Lipinski definition) is 4. The summed E-state index contributed by atoms with van der Waals surface area (Å²) in [5.74, 6) is -0.979. The van der Waals surface area contributed by atoms with Crippen molar-refractivity contribution in [2.24, 2.45) is 11.8 Å². The number of thiophene rings is 1. The van der Waals surface area contributed by atoms with Crippen molar-refractivity contribution in [1.29, 1.82) is 0 Å². The molecule has 5 atom stereocenters. The van der Waals surface area contributed by atoms with Gasteiger partial charge >= 0.3 is 12.2 Å². The smallest absolute Gasteiger partial charge is 0.407 e. The fourth-order valence-corrected chi connectivity index (χ4v) is 11.0. The van der Waals surface area contributed by atoms with Gasteiger partial charge in [-0.25, -0.2) is 23.9 Å². The molecule has 2 saturated heterocycles. The van der Waals surface area contributed by atoms with Crippen LogP contribution in [-0.4, -0.2) is 111 Å². The van der Waals surface area contributed by atoms with E-state index in [0.717, 1.165) is 29.3 Å². The number of halogens is 3. The monoisotopic (exact) mass is 983 g/mol. The Morgan fingerprint density at radius 2 is 1.36 bits per heavy atom. The van der Waals surface area contributed by atoms with Crippen LogP contribution in [0.1, 0.15) is 99.0 Å². The van der Waals surface area contributed by atoms with Gasteiger partial charge in [0.05, 0.1) is 91.0 Å². The first-order chi connectivity index (χ1) is 33.7. The summed E-state index contributed by atoms with van der Waals surface area (Å²) in [6.45, 7) is 6.66. The summed E-state index contributed by atoms with van der Waals surface area (Å²) in [6.07, 6.45) is 3.89. The predicted octanol–water partition coefficient (Wildman–Crippen LogP) is 9.34. The summed E-state index contributed by atoms with van der Waals surface area (Å²) in [4.78, 5) is 72.6. The minimum atomic E-state index is -0.926. The van der Waals surface area contributed by atoms with Crippen molar-refractivity contribution >= 4 is 46.2 Å². The molecule has 0 spiro atoms. The zero-order valence-corrected chi connectivity index (χ0v) is 40.5. The van der Waals surface area contributed by atoms with Crippen LogP contribution in [0, 0.1) is 17.7 Å². The lowest BCUT2D eigenvalue weighted by Gasteiger charge is -2.30. The van der Waals surface area contributed by atoms with Crippen molar-refractivity contribution in [1.82, 2.24) is 44.9 Å². The molecule has 16 nitrogen and oxygen atoms in total. The third kappa shape index (κ3) is 8.97. The lowest BCUT2D eigenvalue weighted by atomic mass is 10.0. The highest BCUT2D eigenvalue weighted by molar-refractivity contribution is 7.12. The highest BCUT2D eigenvalue weighted by atomic mass is 32.1. The molecule has 7 heterocycles. The average Bonchev–Trinajstić information content (AvgIpc) is 4.21. The van der Waals surface area contributed by atoms with E-state index in [2.05, 4.69) is 25.6 Å². The van der Waals surface area contributed by atoms with Gasteiger partial charge in [0, 0.05) is 34.5 Å². The number of rotatable bonds is 14. The van der Waals surface area contributed by atoms with Gasteiger partial charge in [-0.2, -0.15) is 0 Å². The molecular weight excluding hydrogens is 928 g/mol. The van der Waals surface area contributed by atoms with Crippen LogP contribution in [0.3, 0.4) is 0 Å². The van der Waals surface area contributed by atoms with Gasteiger partial charge in [-0.3, -0.25) is 22.9 Å². The zero-order chi connectivity index (χ0) is 49.5. The van der Waals surface area contributed by atoms with Gasteiger partial charge in [0.1, 0.15) is 35.3 Å². The Kier molecular flexibility index (Phi) is 13.7. The van der Waals surface area contributed by atoms with Crippen molar-refractivity contribution in [2.75, 3.05) is 40.7 Å². The Morgan fingerprint density at radius 3 is 1.90 bits per heavy atom. The number of carbonyl (C=O) groups excluding carboxylic acids is 4. The van der Waals surface area contributed by atoms with Crippen LogP contribution in [0.25, 0.3) is 44.7 Å². The first-order valence-electron chi connectivity index (χ1n) is 23.5. The van der Waals surface area contributed by atoms with Crippen LogP contribution in [0.4, 0.5) is 22.8 Å². The molecule has 9 rings (SSSR count).